The number of nitrogens with zero attached hydrogens (tertiary/aromatic N) is 3. The average molecular weight is 218 g/mol. The highest BCUT2D eigenvalue weighted by molar-refractivity contribution is 5.86. The van der Waals surface area contributed by atoms with Crippen LogP contribution in [0.2, 0.25) is 0 Å². The highest BCUT2D eigenvalue weighted by Gasteiger charge is 2.17. The van der Waals surface area contributed by atoms with E-state index in [2.05, 4.69) is 25.5 Å². The Kier molecular flexibility index (Phi) is 2.12. The van der Waals surface area contributed by atoms with Gasteiger partial charge in [-0.1, -0.05) is 12.8 Å². The Balaban J connectivity index is 1.97. The number of nitrogens with two attached hydrogens (primary N) is 1. The smallest absolute Gasteiger partial charge is 0.224 e. The third-order valence-electron chi connectivity index (χ3n) is 3.02. The Morgan fingerprint density at radius 2 is 2.12 bits per heavy atom. The van der Waals surface area contributed by atoms with Crippen molar-refractivity contribution in [3.63, 3.8) is 0 Å². The monoisotopic (exact) mass is 218 g/mol. The molecule has 2 aromatic heterocycles. The molecule has 0 spiro atoms. The molecule has 84 valence electrons. The van der Waals surface area contributed by atoms with Crippen LogP contribution in [0.4, 0.5) is 11.8 Å². The van der Waals surface area contributed by atoms with Crippen molar-refractivity contribution < 1.29 is 0 Å². The van der Waals surface area contributed by atoms with E-state index in [0.29, 0.717) is 11.7 Å². The Bertz CT molecular complexity index is 499. The number of fused-ring (bicyclic) bond motifs is 1. The molecule has 2 aromatic rings. The predicted octanol–water partition coefficient (Wildman–Crippen LogP) is 1.29. The number of anilines is 2. The van der Waals surface area contributed by atoms with E-state index in [1.807, 2.05) is 0 Å². The zero-order valence-electron chi connectivity index (χ0n) is 8.90. The summed E-state index contributed by atoms with van der Waals surface area (Å²) >= 11 is 0. The molecule has 1 aliphatic carbocycles. The molecule has 4 N–H and O–H groups in total. The van der Waals surface area contributed by atoms with Crippen LogP contribution in [0.3, 0.4) is 0 Å². The number of H-pyrrole nitrogens is 1. The van der Waals surface area contributed by atoms with Crippen LogP contribution < -0.4 is 11.1 Å². The molecule has 0 radical (unpaired) electrons. The van der Waals surface area contributed by atoms with Crippen molar-refractivity contribution in [2.45, 2.75) is 31.7 Å². The van der Waals surface area contributed by atoms with E-state index < -0.39 is 0 Å². The van der Waals surface area contributed by atoms with Gasteiger partial charge in [-0.05, 0) is 12.8 Å². The fourth-order valence-corrected chi connectivity index (χ4v) is 2.23. The zero-order chi connectivity index (χ0) is 11.0. The Hall–Kier alpha value is -1.85. The maximum Gasteiger partial charge on any atom is 0.224 e. The molecular weight excluding hydrogens is 204 g/mol. The van der Waals surface area contributed by atoms with Crippen molar-refractivity contribution in [1.82, 2.24) is 20.2 Å². The standard InChI is InChI=1S/C10H14N6/c11-10-14-8(13-6-3-1-2-4-6)7-5-12-16-9(7)15-10/h5-6H,1-4H2,(H4,11,12,13,14,15,16). The molecule has 3 rings (SSSR count). The number of aromatic amines is 1. The first kappa shape index (κ1) is 9.38. The number of nitrogen functional groups attached to an aromatic ring is 1. The molecule has 16 heavy (non-hydrogen) atoms. The number of nitrogens with one attached hydrogen (secondary N) is 2. The second-order valence-electron chi connectivity index (χ2n) is 4.19. The molecule has 1 aliphatic rings. The largest absolute Gasteiger partial charge is 0.368 e. The second-order valence-corrected chi connectivity index (χ2v) is 4.19. The summed E-state index contributed by atoms with van der Waals surface area (Å²) in [6.07, 6.45) is 6.69. The van der Waals surface area contributed by atoms with Crippen molar-refractivity contribution in [3.8, 4) is 0 Å². The van der Waals surface area contributed by atoms with Gasteiger partial charge in [0.2, 0.25) is 5.95 Å². The first-order valence-electron chi connectivity index (χ1n) is 5.56. The van der Waals surface area contributed by atoms with Crippen LogP contribution in [0.15, 0.2) is 6.20 Å². The molecule has 0 amide bonds. The lowest BCUT2D eigenvalue weighted by atomic mass is 10.2. The minimum Gasteiger partial charge on any atom is -0.368 e. The quantitative estimate of drug-likeness (QED) is 0.706. The topological polar surface area (TPSA) is 92.5 Å². The summed E-state index contributed by atoms with van der Waals surface area (Å²) in [6.45, 7) is 0. The minimum absolute atomic E-state index is 0.275. The first-order valence-corrected chi connectivity index (χ1v) is 5.56. The summed E-state index contributed by atoms with van der Waals surface area (Å²) in [6, 6.07) is 0.507. The van der Waals surface area contributed by atoms with Crippen LogP contribution in [0.1, 0.15) is 25.7 Å². The molecule has 0 atom stereocenters. The van der Waals surface area contributed by atoms with E-state index >= 15 is 0 Å². The summed E-state index contributed by atoms with van der Waals surface area (Å²) in [5.41, 5.74) is 6.34. The summed E-state index contributed by atoms with van der Waals surface area (Å²) in [7, 11) is 0. The van der Waals surface area contributed by atoms with Gasteiger partial charge >= 0.3 is 0 Å². The maximum absolute atomic E-state index is 5.65. The molecular formula is C10H14N6. The van der Waals surface area contributed by atoms with Gasteiger partial charge in [-0.2, -0.15) is 15.1 Å². The molecule has 0 aliphatic heterocycles. The summed E-state index contributed by atoms with van der Waals surface area (Å²) in [5, 5.41) is 11.1. The van der Waals surface area contributed by atoms with E-state index in [9.17, 15) is 0 Å². The van der Waals surface area contributed by atoms with E-state index in [1.165, 1.54) is 25.7 Å². The lowest BCUT2D eigenvalue weighted by molar-refractivity contribution is 0.752. The molecule has 0 aromatic carbocycles. The SMILES string of the molecule is Nc1nc(NC2CCCC2)c2cn[nH]c2n1. The van der Waals surface area contributed by atoms with Crippen LogP contribution >= 0.6 is 0 Å². The zero-order valence-corrected chi connectivity index (χ0v) is 8.90. The summed E-state index contributed by atoms with van der Waals surface area (Å²) in [5.74, 6) is 1.07. The Labute approximate surface area is 92.7 Å². The van der Waals surface area contributed by atoms with Gasteiger partial charge in [-0.15, -0.1) is 0 Å². The normalized spacial score (nSPS) is 17.0. The number of hydrogen-bond acceptors (Lipinski definition) is 5. The van der Waals surface area contributed by atoms with Crippen molar-refractivity contribution in [2.24, 2.45) is 0 Å². The highest BCUT2D eigenvalue weighted by atomic mass is 15.2. The van der Waals surface area contributed by atoms with Gasteiger partial charge in [-0.25, -0.2) is 0 Å². The molecule has 6 nitrogen and oxygen atoms in total. The molecule has 0 saturated heterocycles. The third-order valence-corrected chi connectivity index (χ3v) is 3.02. The van der Waals surface area contributed by atoms with E-state index in [1.54, 1.807) is 6.20 Å². The van der Waals surface area contributed by atoms with Crippen molar-refractivity contribution >= 4 is 22.8 Å². The van der Waals surface area contributed by atoms with Crippen molar-refractivity contribution in [2.75, 3.05) is 11.1 Å². The van der Waals surface area contributed by atoms with Gasteiger partial charge in [0.25, 0.3) is 0 Å². The van der Waals surface area contributed by atoms with E-state index in [4.69, 9.17) is 5.73 Å². The van der Waals surface area contributed by atoms with Gasteiger partial charge in [0, 0.05) is 6.04 Å². The van der Waals surface area contributed by atoms with Crippen LogP contribution in [0.25, 0.3) is 11.0 Å². The number of rotatable bonds is 2. The first-order chi connectivity index (χ1) is 7.83. The lowest BCUT2D eigenvalue weighted by Gasteiger charge is -2.13. The maximum atomic E-state index is 5.65. The van der Waals surface area contributed by atoms with Crippen LogP contribution in [0.5, 0.6) is 0 Å². The Morgan fingerprint density at radius 3 is 2.94 bits per heavy atom. The molecule has 0 bridgehead atoms. The van der Waals surface area contributed by atoms with E-state index in [-0.39, 0.29) is 5.95 Å². The van der Waals surface area contributed by atoms with Crippen molar-refractivity contribution in [1.29, 1.82) is 0 Å². The van der Waals surface area contributed by atoms with Gasteiger partial charge in [0.1, 0.15) is 5.82 Å². The highest BCUT2D eigenvalue weighted by Crippen LogP contribution is 2.25. The molecule has 1 saturated carbocycles. The van der Waals surface area contributed by atoms with Crippen LogP contribution in [-0.4, -0.2) is 26.2 Å². The fourth-order valence-electron chi connectivity index (χ4n) is 2.23. The fraction of sp³-hybridized carbons (Fsp3) is 0.500. The van der Waals surface area contributed by atoms with Gasteiger partial charge < -0.3 is 11.1 Å². The number of hydrogen-bond donors (Lipinski definition) is 3. The minimum atomic E-state index is 0.275. The molecule has 0 unspecified atom stereocenters. The molecule has 6 heteroatoms. The average Bonchev–Trinajstić information content (AvgIpc) is 2.87. The van der Waals surface area contributed by atoms with E-state index in [0.717, 1.165) is 11.2 Å². The van der Waals surface area contributed by atoms with Gasteiger partial charge in [0.05, 0.1) is 11.6 Å². The number of aromatic nitrogens is 4. The molecule has 2 heterocycles. The van der Waals surface area contributed by atoms with Gasteiger partial charge in [-0.3, -0.25) is 5.10 Å². The van der Waals surface area contributed by atoms with Crippen molar-refractivity contribution in [3.05, 3.63) is 6.20 Å². The third kappa shape index (κ3) is 1.56. The lowest BCUT2D eigenvalue weighted by Crippen LogP contribution is -2.16. The Morgan fingerprint density at radius 1 is 1.31 bits per heavy atom. The predicted molar refractivity (Wildman–Crippen MR) is 62.0 cm³/mol. The summed E-state index contributed by atoms with van der Waals surface area (Å²) < 4.78 is 0. The summed E-state index contributed by atoms with van der Waals surface area (Å²) in [4.78, 5) is 8.31. The second kappa shape index (κ2) is 3.62. The van der Waals surface area contributed by atoms with Crippen LogP contribution in [-0.2, 0) is 0 Å². The van der Waals surface area contributed by atoms with Gasteiger partial charge in [0.15, 0.2) is 5.65 Å². The molecule has 1 fully saturated rings. The van der Waals surface area contributed by atoms with Crippen LogP contribution in [0, 0.1) is 0 Å².